The van der Waals surface area contributed by atoms with Gasteiger partial charge in [0.1, 0.15) is 0 Å². The molecule has 1 saturated heterocycles. The lowest BCUT2D eigenvalue weighted by Gasteiger charge is -2.23. The standard InChI is InChI=1S/C14H26N2O4/c1-2-11(3-4-14(18)19)5-6-16-13(17)9-12-10-20-8-7-15-12/h11-12,15H,2-10H2,1H3,(H,16,17)(H,18,19). The molecule has 2 atom stereocenters. The Hall–Kier alpha value is -1.14. The predicted octanol–water partition coefficient (Wildman–Crippen LogP) is 0.762. The Balaban J connectivity index is 2.11. The van der Waals surface area contributed by atoms with Crippen LogP contribution in [-0.4, -0.2) is 49.3 Å². The van der Waals surface area contributed by atoms with Crippen molar-refractivity contribution < 1.29 is 19.4 Å². The number of rotatable bonds is 9. The maximum Gasteiger partial charge on any atom is 0.303 e. The lowest BCUT2D eigenvalue weighted by molar-refractivity contribution is -0.137. The highest BCUT2D eigenvalue weighted by Gasteiger charge is 2.17. The zero-order chi connectivity index (χ0) is 14.8. The molecule has 0 aromatic rings. The van der Waals surface area contributed by atoms with Crippen LogP contribution in [0.1, 0.15) is 39.0 Å². The SMILES string of the molecule is CCC(CCNC(=O)CC1COCCN1)CCC(=O)O. The van der Waals surface area contributed by atoms with Crippen LogP contribution in [-0.2, 0) is 14.3 Å². The largest absolute Gasteiger partial charge is 0.481 e. The Morgan fingerprint density at radius 1 is 1.45 bits per heavy atom. The second-order valence-electron chi connectivity index (χ2n) is 5.28. The van der Waals surface area contributed by atoms with E-state index in [1.807, 2.05) is 0 Å². The van der Waals surface area contributed by atoms with Gasteiger partial charge in [0, 0.05) is 32.0 Å². The van der Waals surface area contributed by atoms with Gasteiger partial charge >= 0.3 is 5.97 Å². The third-order valence-electron chi connectivity index (χ3n) is 3.65. The van der Waals surface area contributed by atoms with Crippen LogP contribution < -0.4 is 10.6 Å². The van der Waals surface area contributed by atoms with E-state index in [0.717, 1.165) is 19.4 Å². The van der Waals surface area contributed by atoms with Gasteiger partial charge in [-0.15, -0.1) is 0 Å². The molecule has 0 spiro atoms. The Kier molecular flexibility index (Phi) is 8.22. The van der Waals surface area contributed by atoms with Crippen LogP contribution in [0.5, 0.6) is 0 Å². The summed E-state index contributed by atoms with van der Waals surface area (Å²) in [6.45, 7) is 4.76. The topological polar surface area (TPSA) is 87.7 Å². The van der Waals surface area contributed by atoms with Gasteiger partial charge in [0.25, 0.3) is 0 Å². The van der Waals surface area contributed by atoms with E-state index in [1.165, 1.54) is 0 Å². The summed E-state index contributed by atoms with van der Waals surface area (Å²) in [5.74, 6) is -0.362. The number of carboxylic acids is 1. The minimum Gasteiger partial charge on any atom is -0.481 e. The number of ether oxygens (including phenoxy) is 1. The van der Waals surface area contributed by atoms with Gasteiger partial charge in [-0.05, 0) is 18.8 Å². The first kappa shape index (κ1) is 16.9. The molecule has 0 aromatic carbocycles. The third kappa shape index (κ3) is 7.45. The maximum absolute atomic E-state index is 11.7. The summed E-state index contributed by atoms with van der Waals surface area (Å²) in [6, 6.07) is 0.109. The Labute approximate surface area is 120 Å². The first-order valence-electron chi connectivity index (χ1n) is 7.41. The van der Waals surface area contributed by atoms with Gasteiger partial charge in [0.05, 0.1) is 13.2 Å². The van der Waals surface area contributed by atoms with Gasteiger partial charge in [-0.25, -0.2) is 0 Å². The molecule has 6 nitrogen and oxygen atoms in total. The van der Waals surface area contributed by atoms with Crippen molar-refractivity contribution in [3.05, 3.63) is 0 Å². The van der Waals surface area contributed by atoms with Gasteiger partial charge in [0.2, 0.25) is 5.91 Å². The molecule has 0 bridgehead atoms. The minimum atomic E-state index is -0.754. The number of morpholine rings is 1. The number of hydrogen-bond donors (Lipinski definition) is 3. The quantitative estimate of drug-likeness (QED) is 0.582. The van der Waals surface area contributed by atoms with Crippen molar-refractivity contribution in [2.45, 2.75) is 45.1 Å². The zero-order valence-corrected chi connectivity index (χ0v) is 12.2. The van der Waals surface area contributed by atoms with Crippen LogP contribution in [0.2, 0.25) is 0 Å². The number of aliphatic carboxylic acids is 1. The maximum atomic E-state index is 11.7. The summed E-state index contributed by atoms with van der Waals surface area (Å²) in [4.78, 5) is 22.3. The van der Waals surface area contributed by atoms with Crippen molar-refractivity contribution in [1.29, 1.82) is 0 Å². The fourth-order valence-corrected chi connectivity index (χ4v) is 2.34. The molecular weight excluding hydrogens is 260 g/mol. The van der Waals surface area contributed by atoms with E-state index in [2.05, 4.69) is 17.6 Å². The average molecular weight is 286 g/mol. The van der Waals surface area contributed by atoms with Crippen LogP contribution in [0.3, 0.4) is 0 Å². The Morgan fingerprint density at radius 3 is 2.85 bits per heavy atom. The molecule has 0 radical (unpaired) electrons. The second-order valence-corrected chi connectivity index (χ2v) is 5.28. The van der Waals surface area contributed by atoms with E-state index in [0.29, 0.717) is 38.5 Å². The summed E-state index contributed by atoms with van der Waals surface area (Å²) < 4.78 is 5.30. The summed E-state index contributed by atoms with van der Waals surface area (Å²) in [5.41, 5.74) is 0. The molecule has 3 N–H and O–H groups in total. The van der Waals surface area contributed by atoms with Crippen molar-refractivity contribution in [2.24, 2.45) is 5.92 Å². The Morgan fingerprint density at radius 2 is 2.25 bits per heavy atom. The van der Waals surface area contributed by atoms with Gasteiger partial charge in [0.15, 0.2) is 0 Å². The zero-order valence-electron chi connectivity index (χ0n) is 12.2. The highest BCUT2D eigenvalue weighted by atomic mass is 16.5. The number of hydrogen-bond acceptors (Lipinski definition) is 4. The van der Waals surface area contributed by atoms with E-state index in [-0.39, 0.29) is 18.4 Å². The summed E-state index contributed by atoms with van der Waals surface area (Å²) >= 11 is 0. The predicted molar refractivity (Wildman–Crippen MR) is 75.5 cm³/mol. The molecule has 1 aliphatic heterocycles. The first-order chi connectivity index (χ1) is 9.61. The average Bonchev–Trinajstić information content (AvgIpc) is 2.43. The molecule has 1 amide bonds. The molecule has 1 rings (SSSR count). The molecule has 0 aromatic heterocycles. The summed E-state index contributed by atoms with van der Waals surface area (Å²) in [5, 5.41) is 14.8. The molecular formula is C14H26N2O4. The van der Waals surface area contributed by atoms with Gasteiger partial charge in [-0.2, -0.15) is 0 Å². The van der Waals surface area contributed by atoms with E-state index < -0.39 is 5.97 Å². The van der Waals surface area contributed by atoms with Crippen molar-refractivity contribution in [1.82, 2.24) is 10.6 Å². The smallest absolute Gasteiger partial charge is 0.303 e. The highest BCUT2D eigenvalue weighted by molar-refractivity contribution is 5.76. The lowest BCUT2D eigenvalue weighted by Crippen LogP contribution is -2.44. The van der Waals surface area contributed by atoms with Crippen LogP contribution in [0.15, 0.2) is 0 Å². The van der Waals surface area contributed by atoms with Crippen LogP contribution >= 0.6 is 0 Å². The summed E-state index contributed by atoms with van der Waals surface area (Å²) in [6.07, 6.45) is 3.10. The van der Waals surface area contributed by atoms with Gasteiger partial charge in [-0.1, -0.05) is 13.3 Å². The number of carbonyl (C=O) groups excluding carboxylic acids is 1. The van der Waals surface area contributed by atoms with Crippen molar-refractivity contribution in [3.8, 4) is 0 Å². The molecule has 6 heteroatoms. The van der Waals surface area contributed by atoms with Crippen molar-refractivity contribution in [3.63, 3.8) is 0 Å². The fourth-order valence-electron chi connectivity index (χ4n) is 2.34. The number of nitrogens with one attached hydrogen (secondary N) is 2. The molecule has 2 unspecified atom stereocenters. The van der Waals surface area contributed by atoms with E-state index in [4.69, 9.17) is 9.84 Å². The monoisotopic (exact) mass is 286 g/mol. The van der Waals surface area contributed by atoms with Gasteiger partial charge in [-0.3, -0.25) is 9.59 Å². The number of carboxylic acid groups (broad SMARTS) is 1. The first-order valence-corrected chi connectivity index (χ1v) is 7.41. The minimum absolute atomic E-state index is 0.0288. The van der Waals surface area contributed by atoms with E-state index in [9.17, 15) is 9.59 Å². The molecule has 0 saturated carbocycles. The van der Waals surface area contributed by atoms with Crippen LogP contribution in [0, 0.1) is 5.92 Å². The van der Waals surface area contributed by atoms with Gasteiger partial charge < -0.3 is 20.5 Å². The van der Waals surface area contributed by atoms with E-state index >= 15 is 0 Å². The number of carbonyl (C=O) groups is 2. The molecule has 116 valence electrons. The molecule has 0 aliphatic carbocycles. The summed E-state index contributed by atoms with van der Waals surface area (Å²) in [7, 11) is 0. The van der Waals surface area contributed by atoms with E-state index in [1.54, 1.807) is 0 Å². The van der Waals surface area contributed by atoms with Crippen molar-refractivity contribution >= 4 is 11.9 Å². The Bertz CT molecular complexity index is 304. The third-order valence-corrected chi connectivity index (χ3v) is 3.65. The van der Waals surface area contributed by atoms with Crippen LogP contribution in [0.4, 0.5) is 0 Å². The molecule has 1 heterocycles. The second kappa shape index (κ2) is 9.72. The molecule has 1 fully saturated rings. The number of amides is 1. The highest BCUT2D eigenvalue weighted by Crippen LogP contribution is 2.14. The van der Waals surface area contributed by atoms with Crippen molar-refractivity contribution in [2.75, 3.05) is 26.3 Å². The van der Waals surface area contributed by atoms with Crippen LogP contribution in [0.25, 0.3) is 0 Å². The fraction of sp³-hybridized carbons (Fsp3) is 0.857. The molecule has 20 heavy (non-hydrogen) atoms. The lowest BCUT2D eigenvalue weighted by atomic mass is 9.96. The normalized spacial score (nSPS) is 20.4. The molecule has 1 aliphatic rings.